The molecule has 0 spiro atoms. The van der Waals surface area contributed by atoms with Crippen LogP contribution in [-0.2, 0) is 0 Å². The van der Waals surface area contributed by atoms with E-state index in [1.807, 2.05) is 0 Å². The minimum atomic E-state index is -1.72. The highest BCUT2D eigenvalue weighted by atomic mass is 16.5. The molecule has 0 unspecified atom stereocenters. The molecule has 2 heterocycles. The van der Waals surface area contributed by atoms with E-state index in [1.54, 1.807) is 0 Å². The molecule has 0 atom stereocenters. The predicted molar refractivity (Wildman–Crippen MR) is 94.0 cm³/mol. The summed E-state index contributed by atoms with van der Waals surface area (Å²) < 4.78 is 11.3. The highest BCUT2D eigenvalue weighted by Crippen LogP contribution is 2.17. The van der Waals surface area contributed by atoms with Gasteiger partial charge in [0, 0.05) is 10.9 Å². The molecule has 1 aromatic rings. The van der Waals surface area contributed by atoms with Crippen molar-refractivity contribution >= 4 is 25.2 Å². The smallest absolute Gasteiger partial charge is 0.492 e. The molecular formula is C16H26B2O6. The van der Waals surface area contributed by atoms with Gasteiger partial charge >= 0.3 is 14.2 Å². The number of fused-ring (bicyclic) bond motifs is 13. The average Bonchev–Trinajstić information content (AvgIpc) is 2.54. The molecule has 132 valence electrons. The fourth-order valence-electron chi connectivity index (χ4n) is 2.87. The van der Waals surface area contributed by atoms with E-state index in [9.17, 15) is 20.1 Å². The van der Waals surface area contributed by atoms with Crippen LogP contribution < -0.4 is 20.4 Å². The van der Waals surface area contributed by atoms with Crippen molar-refractivity contribution in [2.24, 2.45) is 0 Å². The van der Waals surface area contributed by atoms with Gasteiger partial charge in [0.1, 0.15) is 11.5 Å². The molecule has 4 N–H and O–H groups in total. The molecule has 2 bridgehead atoms. The lowest BCUT2D eigenvalue weighted by Gasteiger charge is -2.17. The summed E-state index contributed by atoms with van der Waals surface area (Å²) in [6.07, 6.45) is 8.63. The van der Waals surface area contributed by atoms with E-state index < -0.39 is 14.2 Å². The van der Waals surface area contributed by atoms with E-state index in [0.717, 1.165) is 38.5 Å². The van der Waals surface area contributed by atoms with Crippen molar-refractivity contribution in [3.63, 3.8) is 0 Å². The van der Waals surface area contributed by atoms with E-state index in [4.69, 9.17) is 9.47 Å². The topological polar surface area (TPSA) is 99.4 Å². The standard InChI is InChI=1S/C16H26B2O6/c19-17(20)13-12-16-14(18(21)22)11-15(13)23-9-7-5-3-1-2-4-6-8-10-24-16/h11-12,19-22H,1-10H2. The zero-order chi connectivity index (χ0) is 17.4. The maximum atomic E-state index is 9.57. The van der Waals surface area contributed by atoms with Gasteiger partial charge in [-0.15, -0.1) is 0 Å². The second kappa shape index (κ2) is 9.93. The summed E-state index contributed by atoms with van der Waals surface area (Å²) >= 11 is 0. The Hall–Kier alpha value is -1.21. The SMILES string of the molecule is OB(O)c1cc2c(B(O)O)cc1OCCCCCCCCCCO2. The third kappa shape index (κ3) is 5.70. The summed E-state index contributed by atoms with van der Waals surface area (Å²) in [5, 5.41) is 38.3. The monoisotopic (exact) mass is 336 g/mol. The molecule has 8 heteroatoms. The Kier molecular flexibility index (Phi) is 7.91. The van der Waals surface area contributed by atoms with Gasteiger partial charge in [0.2, 0.25) is 0 Å². The van der Waals surface area contributed by atoms with Crippen LogP contribution in [0.5, 0.6) is 11.5 Å². The Morgan fingerprint density at radius 2 is 0.917 bits per heavy atom. The van der Waals surface area contributed by atoms with Crippen molar-refractivity contribution in [3.8, 4) is 11.5 Å². The van der Waals surface area contributed by atoms with Crippen molar-refractivity contribution in [1.29, 1.82) is 0 Å². The van der Waals surface area contributed by atoms with Crippen molar-refractivity contribution in [2.45, 2.75) is 51.4 Å². The van der Waals surface area contributed by atoms with Gasteiger partial charge in [0.15, 0.2) is 0 Å². The molecule has 2 aliphatic rings. The number of rotatable bonds is 2. The first-order chi connectivity index (χ1) is 11.6. The first-order valence-corrected chi connectivity index (χ1v) is 8.75. The van der Waals surface area contributed by atoms with E-state index >= 15 is 0 Å². The molecule has 6 nitrogen and oxygen atoms in total. The van der Waals surface area contributed by atoms with Gasteiger partial charge in [0.25, 0.3) is 0 Å². The van der Waals surface area contributed by atoms with Crippen LogP contribution in [0.4, 0.5) is 0 Å². The third-order valence-corrected chi connectivity index (χ3v) is 4.25. The molecule has 0 saturated heterocycles. The highest BCUT2D eigenvalue weighted by molar-refractivity contribution is 6.62. The van der Waals surface area contributed by atoms with Crippen LogP contribution in [-0.4, -0.2) is 47.5 Å². The molecule has 3 rings (SSSR count). The molecule has 1 aromatic carbocycles. The molecule has 0 amide bonds. The van der Waals surface area contributed by atoms with E-state index in [0.29, 0.717) is 13.2 Å². The van der Waals surface area contributed by atoms with Crippen LogP contribution in [0.3, 0.4) is 0 Å². The van der Waals surface area contributed by atoms with Gasteiger partial charge in [-0.25, -0.2) is 0 Å². The highest BCUT2D eigenvalue weighted by Gasteiger charge is 2.25. The summed E-state index contributed by atoms with van der Waals surface area (Å²) in [5.74, 6) is 0.486. The van der Waals surface area contributed by atoms with Gasteiger partial charge in [0.05, 0.1) is 13.2 Å². The van der Waals surface area contributed by atoms with Crippen molar-refractivity contribution in [2.75, 3.05) is 13.2 Å². The number of hydrogen-bond acceptors (Lipinski definition) is 6. The maximum absolute atomic E-state index is 9.57. The Labute approximate surface area is 143 Å². The molecule has 0 aliphatic carbocycles. The quantitative estimate of drug-likeness (QED) is 0.565. The summed E-state index contributed by atoms with van der Waals surface area (Å²) in [5.41, 5.74) is 0.336. The van der Waals surface area contributed by atoms with Gasteiger partial charge < -0.3 is 29.6 Å². The number of benzene rings is 1. The predicted octanol–water partition coefficient (Wildman–Crippen LogP) is -0.0618. The van der Waals surface area contributed by atoms with Crippen molar-refractivity contribution in [1.82, 2.24) is 0 Å². The largest absolute Gasteiger partial charge is 0.494 e. The first kappa shape index (κ1) is 19.1. The van der Waals surface area contributed by atoms with Crippen molar-refractivity contribution < 1.29 is 29.6 Å². The van der Waals surface area contributed by atoms with E-state index in [1.165, 1.54) is 25.0 Å². The van der Waals surface area contributed by atoms with Gasteiger partial charge in [-0.05, 0) is 25.0 Å². The maximum Gasteiger partial charge on any atom is 0.492 e. The van der Waals surface area contributed by atoms with Crippen LogP contribution >= 0.6 is 0 Å². The minimum absolute atomic E-state index is 0.168. The Morgan fingerprint density at radius 1 is 0.583 bits per heavy atom. The van der Waals surface area contributed by atoms with Gasteiger partial charge in [-0.2, -0.15) is 0 Å². The fourth-order valence-corrected chi connectivity index (χ4v) is 2.87. The lowest BCUT2D eigenvalue weighted by atomic mass is 9.73. The summed E-state index contributed by atoms with van der Waals surface area (Å²) in [6, 6.07) is 2.83. The lowest BCUT2D eigenvalue weighted by molar-refractivity contribution is 0.294. The summed E-state index contributed by atoms with van der Waals surface area (Å²) in [7, 11) is -3.43. The summed E-state index contributed by atoms with van der Waals surface area (Å²) in [4.78, 5) is 0. The van der Waals surface area contributed by atoms with Gasteiger partial charge in [-0.1, -0.05) is 38.5 Å². The Morgan fingerprint density at radius 3 is 1.25 bits per heavy atom. The molecule has 0 fully saturated rings. The first-order valence-electron chi connectivity index (χ1n) is 8.75. The third-order valence-electron chi connectivity index (χ3n) is 4.25. The van der Waals surface area contributed by atoms with Crippen LogP contribution in [0.2, 0.25) is 0 Å². The second-order valence-electron chi connectivity index (χ2n) is 6.20. The second-order valence-corrected chi connectivity index (χ2v) is 6.20. The molecular weight excluding hydrogens is 310 g/mol. The van der Waals surface area contributed by atoms with Crippen LogP contribution in [0, 0.1) is 0 Å². The zero-order valence-electron chi connectivity index (χ0n) is 14.0. The molecule has 0 saturated carbocycles. The van der Waals surface area contributed by atoms with Crippen molar-refractivity contribution in [3.05, 3.63) is 12.1 Å². The lowest BCUT2D eigenvalue weighted by Crippen LogP contribution is -2.38. The Balaban J connectivity index is 2.25. The van der Waals surface area contributed by atoms with E-state index in [2.05, 4.69) is 0 Å². The van der Waals surface area contributed by atoms with E-state index in [-0.39, 0.29) is 22.4 Å². The molecule has 2 aliphatic heterocycles. The molecule has 24 heavy (non-hydrogen) atoms. The number of hydrogen-bond donors (Lipinski definition) is 4. The number of ether oxygens (including phenoxy) is 2. The fraction of sp³-hybridized carbons (Fsp3) is 0.625. The Bertz CT molecular complexity index is 464. The molecule has 0 aromatic heterocycles. The molecule has 0 radical (unpaired) electrons. The summed E-state index contributed by atoms with van der Waals surface area (Å²) in [6.45, 7) is 0.891. The minimum Gasteiger partial charge on any atom is -0.494 e. The van der Waals surface area contributed by atoms with Crippen LogP contribution in [0.1, 0.15) is 51.4 Å². The normalized spacial score (nSPS) is 17.0. The zero-order valence-corrected chi connectivity index (χ0v) is 14.0. The average molecular weight is 336 g/mol. The van der Waals surface area contributed by atoms with Crippen LogP contribution in [0.25, 0.3) is 0 Å². The van der Waals surface area contributed by atoms with Gasteiger partial charge in [-0.3, -0.25) is 0 Å². The van der Waals surface area contributed by atoms with Crippen LogP contribution in [0.15, 0.2) is 12.1 Å².